The van der Waals surface area contributed by atoms with Gasteiger partial charge in [0.25, 0.3) is 0 Å². The zero-order valence-corrected chi connectivity index (χ0v) is 11.4. The number of nitrogens with one attached hydrogen (secondary N) is 1. The van der Waals surface area contributed by atoms with Gasteiger partial charge in [0.15, 0.2) is 0 Å². The number of aryl methyl sites for hydroxylation is 1. The Morgan fingerprint density at radius 1 is 1.59 bits per heavy atom. The Bertz CT molecular complexity index is 369. The molecule has 2 atom stereocenters. The topological polar surface area (TPSA) is 42.7 Å². The Balaban J connectivity index is 1.99. The Hall–Kier alpha value is -0.900. The summed E-state index contributed by atoms with van der Waals surface area (Å²) in [5.41, 5.74) is 0.504. The van der Waals surface area contributed by atoms with Crippen molar-refractivity contribution in [3.05, 3.63) is 12.2 Å². The van der Waals surface area contributed by atoms with E-state index in [4.69, 9.17) is 0 Å². The first-order valence-corrected chi connectivity index (χ1v) is 6.61. The minimum atomic E-state index is 0.504. The summed E-state index contributed by atoms with van der Waals surface area (Å²) < 4.78 is 1.88. The van der Waals surface area contributed by atoms with Crippen molar-refractivity contribution < 1.29 is 0 Å². The molecular weight excluding hydrogens is 212 g/mol. The Morgan fingerprint density at radius 3 is 2.76 bits per heavy atom. The molecule has 1 saturated carbocycles. The average molecular weight is 236 g/mol. The van der Waals surface area contributed by atoms with Gasteiger partial charge in [-0.25, -0.2) is 4.98 Å². The van der Waals surface area contributed by atoms with Crippen LogP contribution in [0.15, 0.2) is 6.33 Å². The molecule has 1 fully saturated rings. The van der Waals surface area contributed by atoms with Crippen LogP contribution < -0.4 is 5.32 Å². The van der Waals surface area contributed by atoms with Gasteiger partial charge in [0.2, 0.25) is 0 Å². The molecule has 1 N–H and O–H groups in total. The van der Waals surface area contributed by atoms with E-state index in [1.54, 1.807) is 6.33 Å². The van der Waals surface area contributed by atoms with Gasteiger partial charge in [-0.3, -0.25) is 4.68 Å². The van der Waals surface area contributed by atoms with Gasteiger partial charge in [0.1, 0.15) is 12.2 Å². The molecule has 1 aliphatic rings. The highest BCUT2D eigenvalue weighted by molar-refractivity contribution is 5.05. The van der Waals surface area contributed by atoms with E-state index in [-0.39, 0.29) is 0 Å². The summed E-state index contributed by atoms with van der Waals surface area (Å²) in [6, 6.07) is 0.549. The molecule has 4 nitrogen and oxygen atoms in total. The number of hydrogen-bond donors (Lipinski definition) is 1. The van der Waals surface area contributed by atoms with Gasteiger partial charge in [-0.15, -0.1) is 0 Å². The van der Waals surface area contributed by atoms with Gasteiger partial charge in [-0.05, 0) is 30.7 Å². The SMILES string of the molecule is CCCNC(Cc1ncnn1C)C1CC1(C)C. The molecule has 2 rings (SSSR count). The van der Waals surface area contributed by atoms with Crippen LogP contribution in [0.25, 0.3) is 0 Å². The lowest BCUT2D eigenvalue weighted by molar-refractivity contribution is 0.393. The predicted octanol–water partition coefficient (Wildman–Crippen LogP) is 1.77. The van der Waals surface area contributed by atoms with E-state index in [0.29, 0.717) is 11.5 Å². The van der Waals surface area contributed by atoms with Crippen molar-refractivity contribution in [2.45, 2.75) is 46.1 Å². The first-order valence-electron chi connectivity index (χ1n) is 6.61. The smallest absolute Gasteiger partial charge is 0.138 e. The zero-order chi connectivity index (χ0) is 12.5. The van der Waals surface area contributed by atoms with E-state index in [0.717, 1.165) is 24.7 Å². The summed E-state index contributed by atoms with van der Waals surface area (Å²) in [5, 5.41) is 7.82. The summed E-state index contributed by atoms with van der Waals surface area (Å²) in [7, 11) is 1.97. The molecule has 2 unspecified atom stereocenters. The third-order valence-corrected chi connectivity index (χ3v) is 3.94. The van der Waals surface area contributed by atoms with Gasteiger partial charge in [0, 0.05) is 19.5 Å². The maximum atomic E-state index is 4.33. The van der Waals surface area contributed by atoms with Gasteiger partial charge in [-0.1, -0.05) is 20.8 Å². The van der Waals surface area contributed by atoms with Crippen LogP contribution in [-0.4, -0.2) is 27.4 Å². The van der Waals surface area contributed by atoms with Crippen LogP contribution >= 0.6 is 0 Å². The molecule has 1 aromatic heterocycles. The molecule has 1 aromatic rings. The number of rotatable bonds is 6. The fourth-order valence-corrected chi connectivity index (χ4v) is 2.58. The summed E-state index contributed by atoms with van der Waals surface area (Å²) in [6.45, 7) is 8.02. The average Bonchev–Trinajstić information content (AvgIpc) is 2.71. The Kier molecular flexibility index (Phi) is 3.52. The first kappa shape index (κ1) is 12.6. The van der Waals surface area contributed by atoms with E-state index in [1.165, 1.54) is 12.8 Å². The minimum Gasteiger partial charge on any atom is -0.313 e. The molecule has 17 heavy (non-hydrogen) atoms. The maximum Gasteiger partial charge on any atom is 0.138 e. The number of hydrogen-bond acceptors (Lipinski definition) is 3. The zero-order valence-electron chi connectivity index (χ0n) is 11.4. The fourth-order valence-electron chi connectivity index (χ4n) is 2.58. The predicted molar refractivity (Wildman–Crippen MR) is 68.7 cm³/mol. The molecule has 0 amide bonds. The Labute approximate surface area is 104 Å². The molecular formula is C13H24N4. The van der Waals surface area contributed by atoms with Gasteiger partial charge < -0.3 is 5.32 Å². The van der Waals surface area contributed by atoms with E-state index >= 15 is 0 Å². The molecule has 0 bridgehead atoms. The standard InChI is InChI=1S/C13H24N4/c1-5-6-14-11(10-8-13(10,2)3)7-12-15-9-16-17(12)4/h9-11,14H,5-8H2,1-4H3. The minimum absolute atomic E-state index is 0.504. The lowest BCUT2D eigenvalue weighted by atomic mass is 10.0. The third kappa shape index (κ3) is 2.86. The largest absolute Gasteiger partial charge is 0.313 e. The van der Waals surface area contributed by atoms with Crippen molar-refractivity contribution in [3.8, 4) is 0 Å². The van der Waals surface area contributed by atoms with Gasteiger partial charge in [0.05, 0.1) is 0 Å². The van der Waals surface area contributed by atoms with Crippen LogP contribution in [0.5, 0.6) is 0 Å². The van der Waals surface area contributed by atoms with E-state index in [2.05, 4.69) is 36.2 Å². The maximum absolute atomic E-state index is 4.33. The van der Waals surface area contributed by atoms with Crippen LogP contribution in [0.2, 0.25) is 0 Å². The second-order valence-corrected chi connectivity index (χ2v) is 5.86. The second-order valence-electron chi connectivity index (χ2n) is 5.86. The monoisotopic (exact) mass is 236 g/mol. The van der Waals surface area contributed by atoms with Crippen molar-refractivity contribution in [3.63, 3.8) is 0 Å². The first-order chi connectivity index (χ1) is 8.04. The highest BCUT2D eigenvalue weighted by atomic mass is 15.3. The van der Waals surface area contributed by atoms with E-state index in [1.807, 2.05) is 11.7 Å². The summed E-state index contributed by atoms with van der Waals surface area (Å²) in [4.78, 5) is 4.33. The normalized spacial score (nSPS) is 23.6. The van der Waals surface area contributed by atoms with Crippen molar-refractivity contribution in [2.24, 2.45) is 18.4 Å². The molecule has 0 spiro atoms. The van der Waals surface area contributed by atoms with Crippen LogP contribution in [-0.2, 0) is 13.5 Å². The van der Waals surface area contributed by atoms with Crippen LogP contribution in [0, 0.1) is 11.3 Å². The molecule has 4 heteroatoms. The fraction of sp³-hybridized carbons (Fsp3) is 0.846. The van der Waals surface area contributed by atoms with Gasteiger partial charge in [-0.2, -0.15) is 5.10 Å². The Morgan fingerprint density at radius 2 is 2.29 bits per heavy atom. The number of aromatic nitrogens is 3. The quantitative estimate of drug-likeness (QED) is 0.818. The molecule has 1 heterocycles. The molecule has 0 aromatic carbocycles. The van der Waals surface area contributed by atoms with E-state index in [9.17, 15) is 0 Å². The van der Waals surface area contributed by atoms with Crippen molar-refractivity contribution in [1.29, 1.82) is 0 Å². The highest BCUT2D eigenvalue weighted by Crippen LogP contribution is 2.53. The molecule has 96 valence electrons. The van der Waals surface area contributed by atoms with Gasteiger partial charge >= 0.3 is 0 Å². The van der Waals surface area contributed by atoms with Crippen LogP contribution in [0.3, 0.4) is 0 Å². The number of nitrogens with zero attached hydrogens (tertiary/aromatic N) is 3. The summed E-state index contributed by atoms with van der Waals surface area (Å²) >= 11 is 0. The van der Waals surface area contributed by atoms with E-state index < -0.39 is 0 Å². The van der Waals surface area contributed by atoms with Crippen molar-refractivity contribution >= 4 is 0 Å². The molecule has 1 aliphatic carbocycles. The third-order valence-electron chi connectivity index (χ3n) is 3.94. The van der Waals surface area contributed by atoms with Crippen LogP contribution in [0.1, 0.15) is 39.4 Å². The summed E-state index contributed by atoms with van der Waals surface area (Å²) in [6.07, 6.45) is 5.14. The van der Waals surface area contributed by atoms with Crippen molar-refractivity contribution in [1.82, 2.24) is 20.1 Å². The highest BCUT2D eigenvalue weighted by Gasteiger charge is 2.49. The summed E-state index contributed by atoms with van der Waals surface area (Å²) in [5.74, 6) is 1.87. The van der Waals surface area contributed by atoms with Crippen molar-refractivity contribution in [2.75, 3.05) is 6.54 Å². The molecule has 0 aliphatic heterocycles. The second kappa shape index (κ2) is 4.77. The lowest BCUT2D eigenvalue weighted by Gasteiger charge is -2.19. The molecule has 0 radical (unpaired) electrons. The van der Waals surface area contributed by atoms with Crippen LogP contribution in [0.4, 0.5) is 0 Å². The lowest BCUT2D eigenvalue weighted by Crippen LogP contribution is -2.36. The molecule has 0 saturated heterocycles.